The van der Waals surface area contributed by atoms with E-state index in [1.54, 1.807) is 11.7 Å². The van der Waals surface area contributed by atoms with Gasteiger partial charge in [-0.05, 0) is 26.7 Å². The van der Waals surface area contributed by atoms with Crippen LogP contribution in [-0.4, -0.2) is 42.2 Å². The lowest BCUT2D eigenvalue weighted by Gasteiger charge is -2.34. The van der Waals surface area contributed by atoms with Crippen molar-refractivity contribution < 1.29 is 4.79 Å². The Hall–Kier alpha value is -2.18. The van der Waals surface area contributed by atoms with Crippen LogP contribution in [0.25, 0.3) is 11.0 Å². The molecule has 0 saturated heterocycles. The molecule has 0 aliphatic heterocycles. The minimum Gasteiger partial charge on any atom is -0.336 e. The standard InChI is InChI=1S/C16H25N5O2/c1-6-11(3)21(12(4)7-2)14(22)9-20-10-17-15-13(16(20)23)8-18-19(15)5/h8,10-12H,6-7,9H2,1-5H3/t11-,12-/m0/s1. The summed E-state index contributed by atoms with van der Waals surface area (Å²) in [6.45, 7) is 8.20. The van der Waals surface area contributed by atoms with Crippen LogP contribution in [0.4, 0.5) is 0 Å². The normalized spacial score (nSPS) is 14.0. The van der Waals surface area contributed by atoms with Gasteiger partial charge >= 0.3 is 0 Å². The molecule has 0 aromatic carbocycles. The SMILES string of the molecule is CC[C@H](C)N(C(=O)Cn1cnc2c(cnn2C)c1=O)[C@@H](C)CC. The summed E-state index contributed by atoms with van der Waals surface area (Å²) in [7, 11) is 1.73. The van der Waals surface area contributed by atoms with E-state index in [-0.39, 0.29) is 30.1 Å². The predicted molar refractivity (Wildman–Crippen MR) is 89.1 cm³/mol. The van der Waals surface area contributed by atoms with Crippen molar-refractivity contribution in [3.63, 3.8) is 0 Å². The molecule has 23 heavy (non-hydrogen) atoms. The maximum absolute atomic E-state index is 12.7. The second-order valence-electron chi connectivity index (χ2n) is 6.00. The fraction of sp³-hybridized carbons (Fsp3) is 0.625. The third kappa shape index (κ3) is 3.28. The van der Waals surface area contributed by atoms with Crippen molar-refractivity contribution >= 4 is 16.9 Å². The Labute approximate surface area is 135 Å². The Balaban J connectivity index is 2.31. The third-order valence-electron chi connectivity index (χ3n) is 4.44. The van der Waals surface area contributed by atoms with E-state index in [0.717, 1.165) is 12.8 Å². The lowest BCUT2D eigenvalue weighted by molar-refractivity contribution is -0.136. The van der Waals surface area contributed by atoms with Crippen LogP contribution in [0.5, 0.6) is 0 Å². The van der Waals surface area contributed by atoms with Gasteiger partial charge in [-0.2, -0.15) is 5.10 Å². The van der Waals surface area contributed by atoms with Gasteiger partial charge in [-0.1, -0.05) is 13.8 Å². The van der Waals surface area contributed by atoms with Crippen LogP contribution in [0.2, 0.25) is 0 Å². The molecule has 2 aromatic heterocycles. The van der Waals surface area contributed by atoms with Crippen LogP contribution < -0.4 is 5.56 Å². The molecule has 0 radical (unpaired) electrons. The van der Waals surface area contributed by atoms with Gasteiger partial charge in [0.2, 0.25) is 5.91 Å². The number of rotatable bonds is 6. The largest absolute Gasteiger partial charge is 0.336 e. The Kier molecular flexibility index (Phi) is 5.18. The zero-order chi connectivity index (χ0) is 17.1. The highest BCUT2D eigenvalue weighted by Crippen LogP contribution is 2.13. The number of hydrogen-bond acceptors (Lipinski definition) is 4. The number of amides is 1. The van der Waals surface area contributed by atoms with Crippen LogP contribution in [0, 0.1) is 0 Å². The maximum atomic E-state index is 12.7. The zero-order valence-electron chi connectivity index (χ0n) is 14.5. The van der Waals surface area contributed by atoms with E-state index in [0.29, 0.717) is 11.0 Å². The molecular formula is C16H25N5O2. The zero-order valence-corrected chi connectivity index (χ0v) is 14.5. The lowest BCUT2D eigenvalue weighted by atomic mass is 10.1. The van der Waals surface area contributed by atoms with Crippen molar-refractivity contribution in [2.75, 3.05) is 0 Å². The average Bonchev–Trinajstić information content (AvgIpc) is 2.91. The molecular weight excluding hydrogens is 294 g/mol. The topological polar surface area (TPSA) is 73.0 Å². The molecule has 0 saturated carbocycles. The van der Waals surface area contributed by atoms with E-state index >= 15 is 0 Å². The van der Waals surface area contributed by atoms with Crippen LogP contribution in [0.15, 0.2) is 17.3 Å². The second-order valence-corrected chi connectivity index (χ2v) is 6.00. The van der Waals surface area contributed by atoms with Gasteiger partial charge in [-0.25, -0.2) is 4.98 Å². The highest BCUT2D eigenvalue weighted by atomic mass is 16.2. The molecule has 1 amide bonds. The molecule has 2 heterocycles. The minimum atomic E-state index is -0.232. The Morgan fingerprint density at radius 2 is 1.87 bits per heavy atom. The summed E-state index contributed by atoms with van der Waals surface area (Å²) in [5.41, 5.74) is 0.295. The van der Waals surface area contributed by atoms with E-state index in [4.69, 9.17) is 0 Å². The molecule has 2 atom stereocenters. The van der Waals surface area contributed by atoms with Gasteiger partial charge < -0.3 is 4.90 Å². The summed E-state index contributed by atoms with van der Waals surface area (Å²) in [5, 5.41) is 4.47. The average molecular weight is 319 g/mol. The van der Waals surface area contributed by atoms with E-state index in [1.165, 1.54) is 17.1 Å². The van der Waals surface area contributed by atoms with Gasteiger partial charge in [0.05, 0.1) is 6.20 Å². The first-order chi connectivity index (χ1) is 10.9. The van der Waals surface area contributed by atoms with Crippen LogP contribution in [-0.2, 0) is 18.4 Å². The van der Waals surface area contributed by atoms with Gasteiger partial charge in [-0.15, -0.1) is 0 Å². The third-order valence-corrected chi connectivity index (χ3v) is 4.44. The summed E-state index contributed by atoms with van der Waals surface area (Å²) in [6, 6.07) is 0.284. The van der Waals surface area contributed by atoms with Crippen molar-refractivity contribution in [2.24, 2.45) is 7.05 Å². The van der Waals surface area contributed by atoms with Crippen molar-refractivity contribution in [2.45, 2.75) is 59.2 Å². The molecule has 0 N–H and O–H groups in total. The van der Waals surface area contributed by atoms with Gasteiger partial charge in [0.25, 0.3) is 5.56 Å². The maximum Gasteiger partial charge on any atom is 0.264 e. The Morgan fingerprint density at radius 1 is 1.26 bits per heavy atom. The first kappa shape index (κ1) is 17.2. The monoisotopic (exact) mass is 319 g/mol. The van der Waals surface area contributed by atoms with Crippen LogP contribution >= 0.6 is 0 Å². The molecule has 126 valence electrons. The van der Waals surface area contributed by atoms with E-state index in [2.05, 4.69) is 23.9 Å². The highest BCUT2D eigenvalue weighted by molar-refractivity contribution is 5.77. The lowest BCUT2D eigenvalue weighted by Crippen LogP contribution is -2.46. The molecule has 0 aliphatic rings. The van der Waals surface area contributed by atoms with Crippen LogP contribution in [0.3, 0.4) is 0 Å². The molecule has 0 unspecified atom stereocenters. The molecule has 2 rings (SSSR count). The molecule has 7 nitrogen and oxygen atoms in total. The van der Waals surface area contributed by atoms with Gasteiger partial charge in [0.15, 0.2) is 5.65 Å². The number of hydrogen-bond donors (Lipinski definition) is 0. The molecule has 0 spiro atoms. The number of carbonyl (C=O) groups is 1. The fourth-order valence-corrected chi connectivity index (χ4v) is 2.73. The predicted octanol–water partition coefficient (Wildman–Crippen LogP) is 1.56. The Morgan fingerprint density at radius 3 is 2.43 bits per heavy atom. The second kappa shape index (κ2) is 6.93. The number of fused-ring (bicyclic) bond motifs is 1. The van der Waals surface area contributed by atoms with E-state index in [9.17, 15) is 9.59 Å². The number of aryl methyl sites for hydroxylation is 1. The van der Waals surface area contributed by atoms with Crippen molar-refractivity contribution in [3.05, 3.63) is 22.9 Å². The fourth-order valence-electron chi connectivity index (χ4n) is 2.73. The summed E-state index contributed by atoms with van der Waals surface area (Å²) >= 11 is 0. The van der Waals surface area contributed by atoms with Crippen molar-refractivity contribution in [1.29, 1.82) is 0 Å². The van der Waals surface area contributed by atoms with E-state index < -0.39 is 0 Å². The molecule has 0 bridgehead atoms. The summed E-state index contributed by atoms with van der Waals surface area (Å²) in [5.74, 6) is -0.0548. The quantitative estimate of drug-likeness (QED) is 0.810. The molecule has 0 fully saturated rings. The first-order valence-corrected chi connectivity index (χ1v) is 8.08. The Bertz CT molecular complexity index is 738. The number of carbonyl (C=O) groups excluding carboxylic acids is 1. The summed E-state index contributed by atoms with van der Waals surface area (Å²) in [4.78, 5) is 31.3. The van der Waals surface area contributed by atoms with Gasteiger partial charge in [-0.3, -0.25) is 18.8 Å². The van der Waals surface area contributed by atoms with Crippen LogP contribution in [0.1, 0.15) is 40.5 Å². The molecule has 2 aromatic rings. The number of aromatic nitrogens is 4. The smallest absolute Gasteiger partial charge is 0.264 e. The van der Waals surface area contributed by atoms with E-state index in [1.807, 2.05) is 18.7 Å². The van der Waals surface area contributed by atoms with Crippen molar-refractivity contribution in [1.82, 2.24) is 24.2 Å². The van der Waals surface area contributed by atoms with Gasteiger partial charge in [0.1, 0.15) is 18.3 Å². The molecule has 0 aliphatic carbocycles. The number of nitrogens with zero attached hydrogens (tertiary/aromatic N) is 5. The van der Waals surface area contributed by atoms with Crippen molar-refractivity contribution in [3.8, 4) is 0 Å². The highest BCUT2D eigenvalue weighted by Gasteiger charge is 2.24. The molecule has 7 heteroatoms. The first-order valence-electron chi connectivity index (χ1n) is 8.08. The summed E-state index contributed by atoms with van der Waals surface area (Å²) < 4.78 is 2.91. The van der Waals surface area contributed by atoms with Gasteiger partial charge in [0, 0.05) is 19.1 Å². The summed E-state index contributed by atoms with van der Waals surface area (Å²) in [6.07, 6.45) is 4.68. The minimum absolute atomic E-state index is 0.00531.